The molecular weight excluding hydrogens is 214 g/mol. The van der Waals surface area contributed by atoms with Crippen molar-refractivity contribution in [2.45, 2.75) is 58.5 Å². The van der Waals surface area contributed by atoms with Crippen molar-refractivity contribution in [3.05, 3.63) is 0 Å². The lowest BCUT2D eigenvalue weighted by molar-refractivity contribution is -0.0252. The fraction of sp³-hybridized carbons (Fsp3) is 1.00. The lowest BCUT2D eigenvalue weighted by atomic mass is 9.71. The van der Waals surface area contributed by atoms with E-state index >= 15 is 0 Å². The number of nitrogens with one attached hydrogen (secondary N) is 1. The molecule has 102 valence electrons. The smallest absolute Gasteiger partial charge is 0.0772 e. The SMILES string of the molecule is CCCOCCNCC1(O)CCC(C)(C)CC1. The van der Waals surface area contributed by atoms with Crippen LogP contribution >= 0.6 is 0 Å². The molecular formula is C14H29NO2. The highest BCUT2D eigenvalue weighted by atomic mass is 16.5. The molecule has 0 unspecified atom stereocenters. The third-order valence-corrected chi connectivity index (χ3v) is 3.76. The van der Waals surface area contributed by atoms with E-state index in [9.17, 15) is 5.11 Å². The molecule has 0 aromatic rings. The van der Waals surface area contributed by atoms with Crippen molar-refractivity contribution in [2.75, 3.05) is 26.3 Å². The van der Waals surface area contributed by atoms with Crippen molar-refractivity contribution in [1.82, 2.24) is 5.32 Å². The zero-order valence-corrected chi connectivity index (χ0v) is 11.7. The maximum atomic E-state index is 10.4. The predicted molar refractivity (Wildman–Crippen MR) is 71.2 cm³/mol. The molecule has 1 aliphatic rings. The number of aliphatic hydroxyl groups is 1. The van der Waals surface area contributed by atoms with Gasteiger partial charge in [0.15, 0.2) is 0 Å². The highest BCUT2D eigenvalue weighted by molar-refractivity contribution is 4.90. The molecule has 3 nitrogen and oxygen atoms in total. The van der Waals surface area contributed by atoms with E-state index in [1.165, 1.54) is 0 Å². The highest BCUT2D eigenvalue weighted by Gasteiger charge is 2.36. The Kier molecular flexibility index (Phi) is 5.90. The highest BCUT2D eigenvalue weighted by Crippen LogP contribution is 2.39. The van der Waals surface area contributed by atoms with Crippen LogP contribution in [0.25, 0.3) is 0 Å². The number of rotatable bonds is 7. The van der Waals surface area contributed by atoms with Gasteiger partial charge < -0.3 is 15.2 Å². The molecule has 0 aromatic heterocycles. The standard InChI is InChI=1S/C14H29NO2/c1-4-10-17-11-9-15-12-14(16)7-5-13(2,3)6-8-14/h15-16H,4-12H2,1-3H3. The summed E-state index contributed by atoms with van der Waals surface area (Å²) in [4.78, 5) is 0. The summed E-state index contributed by atoms with van der Waals surface area (Å²) in [5.41, 5.74) is -0.0727. The van der Waals surface area contributed by atoms with E-state index in [4.69, 9.17) is 4.74 Å². The average molecular weight is 243 g/mol. The molecule has 0 bridgehead atoms. The first-order chi connectivity index (χ1) is 7.97. The molecule has 17 heavy (non-hydrogen) atoms. The van der Waals surface area contributed by atoms with Crippen LogP contribution in [0.3, 0.4) is 0 Å². The van der Waals surface area contributed by atoms with Gasteiger partial charge in [-0.2, -0.15) is 0 Å². The molecule has 3 heteroatoms. The summed E-state index contributed by atoms with van der Waals surface area (Å²) in [6.45, 7) is 9.82. The summed E-state index contributed by atoms with van der Waals surface area (Å²) in [5, 5.41) is 13.7. The predicted octanol–water partition coefficient (Wildman–Crippen LogP) is 2.33. The quantitative estimate of drug-likeness (QED) is 0.674. The Bertz CT molecular complexity index is 206. The zero-order valence-electron chi connectivity index (χ0n) is 11.7. The monoisotopic (exact) mass is 243 g/mol. The van der Waals surface area contributed by atoms with Gasteiger partial charge in [-0.25, -0.2) is 0 Å². The van der Waals surface area contributed by atoms with Gasteiger partial charge in [0.05, 0.1) is 12.2 Å². The summed E-state index contributed by atoms with van der Waals surface area (Å²) in [6, 6.07) is 0. The molecule has 0 saturated heterocycles. The first-order valence-electron chi connectivity index (χ1n) is 6.98. The van der Waals surface area contributed by atoms with Crippen molar-refractivity contribution in [1.29, 1.82) is 0 Å². The van der Waals surface area contributed by atoms with Crippen LogP contribution in [0, 0.1) is 5.41 Å². The first-order valence-corrected chi connectivity index (χ1v) is 6.98. The van der Waals surface area contributed by atoms with Crippen LogP contribution in [0.5, 0.6) is 0 Å². The van der Waals surface area contributed by atoms with Gasteiger partial charge in [-0.15, -0.1) is 0 Å². The second kappa shape index (κ2) is 6.72. The van der Waals surface area contributed by atoms with Gasteiger partial charge in [-0.05, 0) is 37.5 Å². The third kappa shape index (κ3) is 5.84. The first kappa shape index (κ1) is 14.9. The Morgan fingerprint density at radius 1 is 1.12 bits per heavy atom. The van der Waals surface area contributed by atoms with Crippen LogP contribution in [0.4, 0.5) is 0 Å². The van der Waals surface area contributed by atoms with Crippen LogP contribution in [-0.4, -0.2) is 37.0 Å². The van der Waals surface area contributed by atoms with Crippen molar-refractivity contribution < 1.29 is 9.84 Å². The van der Waals surface area contributed by atoms with E-state index in [0.717, 1.165) is 51.9 Å². The van der Waals surface area contributed by atoms with E-state index in [0.29, 0.717) is 12.0 Å². The molecule has 1 saturated carbocycles. The topological polar surface area (TPSA) is 41.5 Å². The maximum absolute atomic E-state index is 10.4. The van der Waals surface area contributed by atoms with Crippen LogP contribution in [0.2, 0.25) is 0 Å². The Balaban J connectivity index is 2.10. The zero-order chi connectivity index (χ0) is 12.8. The minimum Gasteiger partial charge on any atom is -0.389 e. The molecule has 0 aliphatic heterocycles. The normalized spacial score (nSPS) is 22.6. The summed E-state index contributed by atoms with van der Waals surface area (Å²) >= 11 is 0. The van der Waals surface area contributed by atoms with Crippen LogP contribution < -0.4 is 5.32 Å². The molecule has 1 fully saturated rings. The Morgan fingerprint density at radius 3 is 2.35 bits per heavy atom. The van der Waals surface area contributed by atoms with Crippen molar-refractivity contribution in [3.63, 3.8) is 0 Å². The van der Waals surface area contributed by atoms with Crippen LogP contribution in [0.1, 0.15) is 52.9 Å². The van der Waals surface area contributed by atoms with Gasteiger partial charge in [0.2, 0.25) is 0 Å². The molecule has 1 aliphatic carbocycles. The number of hydrogen-bond acceptors (Lipinski definition) is 3. The molecule has 0 spiro atoms. The molecule has 0 aromatic carbocycles. The molecule has 0 radical (unpaired) electrons. The van der Waals surface area contributed by atoms with E-state index < -0.39 is 5.60 Å². The van der Waals surface area contributed by atoms with Crippen molar-refractivity contribution >= 4 is 0 Å². The minimum absolute atomic E-state index is 0.413. The van der Waals surface area contributed by atoms with Crippen LogP contribution in [0.15, 0.2) is 0 Å². The minimum atomic E-state index is -0.486. The van der Waals surface area contributed by atoms with Gasteiger partial charge in [0, 0.05) is 19.7 Å². The Morgan fingerprint density at radius 2 is 1.76 bits per heavy atom. The number of ether oxygens (including phenoxy) is 1. The fourth-order valence-electron chi connectivity index (χ4n) is 2.28. The summed E-state index contributed by atoms with van der Waals surface area (Å²) in [5.74, 6) is 0. The number of hydrogen-bond donors (Lipinski definition) is 2. The third-order valence-electron chi connectivity index (χ3n) is 3.76. The summed E-state index contributed by atoms with van der Waals surface area (Å²) in [7, 11) is 0. The van der Waals surface area contributed by atoms with Gasteiger partial charge in [0.25, 0.3) is 0 Å². The van der Waals surface area contributed by atoms with Gasteiger partial charge in [0.1, 0.15) is 0 Å². The van der Waals surface area contributed by atoms with Crippen molar-refractivity contribution in [2.24, 2.45) is 5.41 Å². The second-order valence-corrected chi connectivity index (χ2v) is 6.18. The van der Waals surface area contributed by atoms with E-state index in [-0.39, 0.29) is 0 Å². The van der Waals surface area contributed by atoms with E-state index in [2.05, 4.69) is 26.1 Å². The lowest BCUT2D eigenvalue weighted by Gasteiger charge is -2.40. The van der Waals surface area contributed by atoms with Gasteiger partial charge >= 0.3 is 0 Å². The molecule has 0 amide bonds. The van der Waals surface area contributed by atoms with E-state index in [1.807, 2.05) is 0 Å². The lowest BCUT2D eigenvalue weighted by Crippen LogP contribution is -2.45. The van der Waals surface area contributed by atoms with E-state index in [1.54, 1.807) is 0 Å². The Hall–Kier alpha value is -0.120. The van der Waals surface area contributed by atoms with Gasteiger partial charge in [-0.1, -0.05) is 20.8 Å². The molecule has 0 atom stereocenters. The average Bonchev–Trinajstić information content (AvgIpc) is 2.28. The second-order valence-electron chi connectivity index (χ2n) is 6.18. The Labute approximate surface area is 106 Å². The largest absolute Gasteiger partial charge is 0.389 e. The summed E-state index contributed by atoms with van der Waals surface area (Å²) < 4.78 is 5.39. The molecule has 0 heterocycles. The molecule has 1 rings (SSSR count). The summed E-state index contributed by atoms with van der Waals surface area (Å²) in [6.07, 6.45) is 5.15. The molecule has 2 N–H and O–H groups in total. The fourth-order valence-corrected chi connectivity index (χ4v) is 2.28. The maximum Gasteiger partial charge on any atom is 0.0772 e. The van der Waals surface area contributed by atoms with Gasteiger partial charge in [-0.3, -0.25) is 0 Å². The van der Waals surface area contributed by atoms with Crippen LogP contribution in [-0.2, 0) is 4.74 Å². The van der Waals surface area contributed by atoms with Crippen molar-refractivity contribution in [3.8, 4) is 0 Å².